The van der Waals surface area contributed by atoms with E-state index in [4.69, 9.17) is 15.2 Å². The molecule has 1 aromatic rings. The first-order valence-electron chi connectivity index (χ1n) is 6.85. The summed E-state index contributed by atoms with van der Waals surface area (Å²) in [6.45, 7) is 5.13. The Morgan fingerprint density at radius 3 is 3.05 bits per heavy atom. The second kappa shape index (κ2) is 8.56. The van der Waals surface area contributed by atoms with Gasteiger partial charge in [0.1, 0.15) is 12.4 Å². The maximum atomic E-state index is 5.76. The van der Waals surface area contributed by atoms with E-state index in [1.807, 2.05) is 24.3 Å². The molecule has 1 heterocycles. The average molecular weight is 308 g/mol. The third-order valence-corrected chi connectivity index (χ3v) is 3.12. The van der Waals surface area contributed by atoms with Crippen LogP contribution in [0.1, 0.15) is 5.56 Å². The van der Waals surface area contributed by atoms with E-state index in [0.29, 0.717) is 6.61 Å². The maximum Gasteiger partial charge on any atom is 0.184 e. The van der Waals surface area contributed by atoms with E-state index >= 15 is 0 Å². The Labute approximate surface area is 129 Å². The van der Waals surface area contributed by atoms with Crippen LogP contribution in [0.15, 0.2) is 29.4 Å². The van der Waals surface area contributed by atoms with Gasteiger partial charge in [0.25, 0.3) is 0 Å². The lowest BCUT2D eigenvalue weighted by Gasteiger charge is -2.26. The van der Waals surface area contributed by atoms with E-state index in [0.717, 1.165) is 44.2 Å². The van der Waals surface area contributed by atoms with Crippen LogP contribution >= 0.6 is 12.2 Å². The minimum Gasteiger partial charge on any atom is -0.492 e. The number of rotatable bonds is 6. The van der Waals surface area contributed by atoms with Crippen molar-refractivity contribution in [1.29, 1.82) is 0 Å². The molecule has 0 unspecified atom stereocenters. The predicted octanol–water partition coefficient (Wildman–Crippen LogP) is 0.565. The summed E-state index contributed by atoms with van der Waals surface area (Å²) in [5.74, 6) is 0.822. The van der Waals surface area contributed by atoms with Gasteiger partial charge in [-0.25, -0.2) is 0 Å². The minimum absolute atomic E-state index is 0.143. The predicted molar refractivity (Wildman–Crippen MR) is 86.7 cm³/mol. The second-order valence-electron chi connectivity index (χ2n) is 4.61. The zero-order chi connectivity index (χ0) is 14.9. The van der Waals surface area contributed by atoms with Gasteiger partial charge < -0.3 is 15.2 Å². The molecule has 3 N–H and O–H groups in total. The minimum atomic E-state index is 0.143. The van der Waals surface area contributed by atoms with Crippen LogP contribution in [0.4, 0.5) is 0 Å². The molecule has 1 aliphatic heterocycles. The van der Waals surface area contributed by atoms with Gasteiger partial charge in [0.05, 0.1) is 19.4 Å². The summed E-state index contributed by atoms with van der Waals surface area (Å²) in [4.78, 5) is 2.33. The molecule has 1 aromatic carbocycles. The Bertz CT molecular complexity index is 490. The normalized spacial score (nSPS) is 16.0. The van der Waals surface area contributed by atoms with Gasteiger partial charge in [-0.1, -0.05) is 12.1 Å². The molecule has 1 fully saturated rings. The van der Waals surface area contributed by atoms with E-state index < -0.39 is 0 Å². The first kappa shape index (κ1) is 15.7. The Morgan fingerprint density at radius 2 is 2.29 bits per heavy atom. The van der Waals surface area contributed by atoms with E-state index in [-0.39, 0.29) is 5.11 Å². The third-order valence-electron chi connectivity index (χ3n) is 3.03. The fourth-order valence-corrected chi connectivity index (χ4v) is 2.03. The van der Waals surface area contributed by atoms with Crippen LogP contribution in [-0.2, 0) is 4.74 Å². The topological polar surface area (TPSA) is 72.1 Å². The maximum absolute atomic E-state index is 5.76. The van der Waals surface area contributed by atoms with Crippen molar-refractivity contribution in [2.24, 2.45) is 10.8 Å². The van der Waals surface area contributed by atoms with Gasteiger partial charge in [-0.15, -0.1) is 0 Å². The number of hydrogen-bond acceptors (Lipinski definition) is 5. The van der Waals surface area contributed by atoms with Crippen LogP contribution in [0.3, 0.4) is 0 Å². The molecule has 0 bridgehead atoms. The molecule has 2 rings (SSSR count). The van der Waals surface area contributed by atoms with Gasteiger partial charge in [-0.2, -0.15) is 5.10 Å². The summed E-state index contributed by atoms with van der Waals surface area (Å²) in [6, 6.07) is 7.70. The van der Waals surface area contributed by atoms with Gasteiger partial charge >= 0.3 is 0 Å². The van der Waals surface area contributed by atoms with Gasteiger partial charge in [0.15, 0.2) is 5.11 Å². The smallest absolute Gasteiger partial charge is 0.184 e. The van der Waals surface area contributed by atoms with E-state index in [2.05, 4.69) is 27.6 Å². The molecule has 21 heavy (non-hydrogen) atoms. The van der Waals surface area contributed by atoms with Crippen LogP contribution < -0.4 is 15.9 Å². The number of benzene rings is 1. The number of thiocarbonyl (C=S) groups is 1. The van der Waals surface area contributed by atoms with Crippen molar-refractivity contribution in [3.05, 3.63) is 29.8 Å². The molecule has 1 saturated heterocycles. The van der Waals surface area contributed by atoms with Crippen molar-refractivity contribution in [2.75, 3.05) is 39.5 Å². The summed E-state index contributed by atoms with van der Waals surface area (Å²) in [5, 5.41) is 4.06. The van der Waals surface area contributed by atoms with Gasteiger partial charge in [0.2, 0.25) is 0 Å². The van der Waals surface area contributed by atoms with E-state index in [1.165, 1.54) is 0 Å². The van der Waals surface area contributed by atoms with Gasteiger partial charge in [-0.3, -0.25) is 10.3 Å². The van der Waals surface area contributed by atoms with Crippen molar-refractivity contribution in [2.45, 2.75) is 0 Å². The lowest BCUT2D eigenvalue weighted by Crippen LogP contribution is -2.38. The lowest BCUT2D eigenvalue weighted by molar-refractivity contribution is 0.0322. The lowest BCUT2D eigenvalue weighted by atomic mass is 10.2. The number of hydrazone groups is 1. The van der Waals surface area contributed by atoms with Gasteiger partial charge in [-0.05, 0) is 29.9 Å². The summed E-state index contributed by atoms with van der Waals surface area (Å²) >= 11 is 4.67. The molecular formula is C14H20N4O2S. The highest BCUT2D eigenvalue weighted by atomic mass is 32.1. The number of nitrogens with one attached hydrogen (secondary N) is 1. The first-order chi connectivity index (χ1) is 10.2. The molecule has 0 aliphatic carbocycles. The highest BCUT2D eigenvalue weighted by molar-refractivity contribution is 7.80. The summed E-state index contributed by atoms with van der Waals surface area (Å²) in [5.41, 5.74) is 8.73. The molecular weight excluding hydrogens is 288 g/mol. The quantitative estimate of drug-likeness (QED) is 0.455. The highest BCUT2D eigenvalue weighted by Gasteiger charge is 2.09. The van der Waals surface area contributed by atoms with Crippen LogP contribution in [-0.4, -0.2) is 55.7 Å². The van der Waals surface area contributed by atoms with Crippen molar-refractivity contribution < 1.29 is 9.47 Å². The molecule has 1 aliphatic rings. The van der Waals surface area contributed by atoms with Crippen LogP contribution in [0.2, 0.25) is 0 Å². The molecule has 6 nitrogen and oxygen atoms in total. The molecule has 0 radical (unpaired) electrons. The molecule has 7 heteroatoms. The Morgan fingerprint density at radius 1 is 1.48 bits per heavy atom. The van der Waals surface area contributed by atoms with E-state index in [9.17, 15) is 0 Å². The van der Waals surface area contributed by atoms with Crippen molar-refractivity contribution in [3.63, 3.8) is 0 Å². The first-order valence-corrected chi connectivity index (χ1v) is 7.26. The molecule has 0 spiro atoms. The fraction of sp³-hybridized carbons (Fsp3) is 0.429. The number of hydrogen-bond donors (Lipinski definition) is 2. The fourth-order valence-electron chi connectivity index (χ4n) is 1.97. The van der Waals surface area contributed by atoms with Crippen molar-refractivity contribution in [1.82, 2.24) is 10.3 Å². The van der Waals surface area contributed by atoms with Crippen molar-refractivity contribution in [3.8, 4) is 5.75 Å². The monoisotopic (exact) mass is 308 g/mol. The number of nitrogens with zero attached hydrogens (tertiary/aromatic N) is 2. The zero-order valence-corrected chi connectivity index (χ0v) is 12.6. The molecule has 114 valence electrons. The SMILES string of the molecule is NC(=S)NN=Cc1cccc(OCCN2CCOCC2)c1. The average Bonchev–Trinajstić information content (AvgIpc) is 2.48. The molecule has 0 atom stereocenters. The van der Waals surface area contributed by atoms with Crippen LogP contribution in [0.25, 0.3) is 0 Å². The van der Waals surface area contributed by atoms with Gasteiger partial charge in [0, 0.05) is 19.6 Å². The summed E-state index contributed by atoms with van der Waals surface area (Å²) < 4.78 is 11.1. The second-order valence-corrected chi connectivity index (χ2v) is 5.05. The van der Waals surface area contributed by atoms with Crippen molar-refractivity contribution >= 4 is 23.5 Å². The summed E-state index contributed by atoms with van der Waals surface area (Å²) in [7, 11) is 0. The molecule has 0 saturated carbocycles. The standard InChI is InChI=1S/C14H20N4O2S/c15-14(21)17-16-11-12-2-1-3-13(10-12)20-9-6-18-4-7-19-8-5-18/h1-3,10-11H,4-9H2,(H3,15,17,21). The van der Waals surface area contributed by atoms with Crippen LogP contribution in [0, 0.1) is 0 Å². The Hall–Kier alpha value is -1.70. The Kier molecular flexibility index (Phi) is 6.39. The number of ether oxygens (including phenoxy) is 2. The third kappa shape index (κ3) is 6.07. The molecule has 0 amide bonds. The zero-order valence-electron chi connectivity index (χ0n) is 11.8. The Balaban J connectivity index is 1.77. The number of nitrogens with two attached hydrogens (primary N) is 1. The molecule has 0 aromatic heterocycles. The van der Waals surface area contributed by atoms with E-state index in [1.54, 1.807) is 6.21 Å². The summed E-state index contributed by atoms with van der Waals surface area (Å²) in [6.07, 6.45) is 1.65. The highest BCUT2D eigenvalue weighted by Crippen LogP contribution is 2.12. The number of morpholine rings is 1. The largest absolute Gasteiger partial charge is 0.492 e. The van der Waals surface area contributed by atoms with Crippen LogP contribution in [0.5, 0.6) is 5.75 Å².